The first kappa shape index (κ1) is 34.4. The molecule has 0 spiro atoms. The number of allylic oxidation sites excluding steroid dienone is 5. The zero-order valence-electron chi connectivity index (χ0n) is 32.1. The van der Waals surface area contributed by atoms with Crippen LogP contribution in [0, 0.1) is 69.0 Å². The molecule has 5 nitrogen and oxygen atoms in total. The van der Waals surface area contributed by atoms with Crippen molar-refractivity contribution in [3.8, 4) is 0 Å². The van der Waals surface area contributed by atoms with E-state index in [1.54, 1.807) is 5.57 Å². The molecule has 2 bridgehead atoms. The van der Waals surface area contributed by atoms with Crippen LogP contribution in [0.4, 0.5) is 0 Å². The van der Waals surface area contributed by atoms with Crippen molar-refractivity contribution in [3.05, 3.63) is 35.5 Å². The summed E-state index contributed by atoms with van der Waals surface area (Å²) in [4.78, 5) is 14.3. The summed E-state index contributed by atoms with van der Waals surface area (Å²) >= 11 is 0. The van der Waals surface area contributed by atoms with Gasteiger partial charge in [0.2, 0.25) is 0 Å². The standard InChI is InChI=1S/C44H66N2O3S/c1-26(2)30-11-16-44(45-19-20-46-24-29-23-28(46)25-50(29,8)49)18-17-42(6)34(38(30)44)9-10-36-41(5)14-12-33(27-21-31-32(22-27)37(31)39(47)48)40(3,4)35(41)13-15-43(36,42)7/h12,21,28-32,34-38,45H,1,8-11,13-20,22-25H2,2-7H3,(H,47,48)/t28-,29-,30+,31?,32?,34-,35+,36-,37?,38-,41+,42-,43-,44+,50?/m1/s1. The van der Waals surface area contributed by atoms with E-state index in [2.05, 4.69) is 76.4 Å². The van der Waals surface area contributed by atoms with Crippen LogP contribution in [0.2, 0.25) is 0 Å². The SMILES string of the molecule is C=C(C)[C@@H]1CC[C@]2(NCCN3C[C@H]4C[C@@H]3CS4(=C)=O)CC[C@]3(C)[C@H](CC[C@@H]4[C@@]5(C)CC=C(C6=CC7C(C6)C7C(=O)O)C(C)(C)[C@@H]5CC[C@]43C)[C@@H]12. The molecule has 4 unspecified atom stereocenters. The molecule has 0 aromatic carbocycles. The van der Waals surface area contributed by atoms with E-state index in [4.69, 9.17) is 0 Å². The second kappa shape index (κ2) is 10.9. The molecule has 0 radical (unpaired) electrons. The largest absolute Gasteiger partial charge is 0.481 e. The Morgan fingerprint density at radius 3 is 2.46 bits per heavy atom. The lowest BCUT2D eigenvalue weighted by Gasteiger charge is -2.72. The Kier molecular flexibility index (Phi) is 7.48. The van der Waals surface area contributed by atoms with Gasteiger partial charge in [0.05, 0.1) is 5.92 Å². The minimum absolute atomic E-state index is 0.120. The van der Waals surface area contributed by atoms with E-state index in [0.717, 1.165) is 50.1 Å². The van der Waals surface area contributed by atoms with Gasteiger partial charge in [0.1, 0.15) is 0 Å². The summed E-state index contributed by atoms with van der Waals surface area (Å²) in [6.07, 6.45) is 18.8. The summed E-state index contributed by atoms with van der Waals surface area (Å²) in [6, 6.07) is 0.480. The number of hydrogen-bond acceptors (Lipinski definition) is 4. The molecule has 5 saturated carbocycles. The van der Waals surface area contributed by atoms with E-state index in [9.17, 15) is 14.1 Å². The van der Waals surface area contributed by atoms with Crippen molar-refractivity contribution in [2.75, 3.05) is 25.4 Å². The summed E-state index contributed by atoms with van der Waals surface area (Å²) < 4.78 is 12.8. The number of hydrogen-bond donors (Lipinski definition) is 2. The lowest BCUT2D eigenvalue weighted by atomic mass is 9.33. The Morgan fingerprint density at radius 1 is 1.04 bits per heavy atom. The first-order valence-electron chi connectivity index (χ1n) is 20.6. The maximum atomic E-state index is 12.8. The summed E-state index contributed by atoms with van der Waals surface area (Å²) in [5.74, 6) is 8.20. The van der Waals surface area contributed by atoms with Crippen LogP contribution in [-0.2, 0) is 14.3 Å². The maximum Gasteiger partial charge on any atom is 0.307 e. The third-order valence-corrected chi connectivity index (χ3v) is 21.3. The highest BCUT2D eigenvalue weighted by atomic mass is 32.2. The average molecular weight is 703 g/mol. The number of carbonyl (C=O) groups is 1. The Morgan fingerprint density at radius 2 is 1.82 bits per heavy atom. The number of rotatable bonds is 7. The van der Waals surface area contributed by atoms with Crippen molar-refractivity contribution in [1.29, 1.82) is 0 Å². The molecule has 6 heteroatoms. The van der Waals surface area contributed by atoms with Crippen molar-refractivity contribution in [1.82, 2.24) is 10.2 Å². The maximum absolute atomic E-state index is 12.8. The molecule has 2 aliphatic heterocycles. The van der Waals surface area contributed by atoms with Crippen LogP contribution in [0.3, 0.4) is 0 Å². The highest BCUT2D eigenvalue weighted by Crippen LogP contribution is 2.77. The molecule has 0 aromatic heterocycles. The van der Waals surface area contributed by atoms with Crippen molar-refractivity contribution >= 4 is 21.4 Å². The van der Waals surface area contributed by atoms with Gasteiger partial charge in [-0.2, -0.15) is 0 Å². The number of fused-ring (bicyclic) bond motifs is 10. The molecule has 7 fully saturated rings. The number of nitrogens with one attached hydrogen (secondary N) is 1. The van der Waals surface area contributed by atoms with Gasteiger partial charge >= 0.3 is 5.97 Å². The second-order valence-corrected chi connectivity index (χ2v) is 23.6. The Bertz CT molecular complexity index is 1680. The van der Waals surface area contributed by atoms with Crippen molar-refractivity contribution in [2.24, 2.45) is 69.0 Å². The number of aliphatic carboxylic acids is 1. The van der Waals surface area contributed by atoms with Gasteiger partial charge in [-0.3, -0.25) is 13.9 Å². The smallest absolute Gasteiger partial charge is 0.307 e. The van der Waals surface area contributed by atoms with Crippen LogP contribution in [-0.4, -0.2) is 68.3 Å². The fraction of sp³-hybridized carbons (Fsp3) is 0.818. The van der Waals surface area contributed by atoms with Gasteiger partial charge in [0.15, 0.2) is 0 Å². The Balaban J connectivity index is 0.964. The zero-order valence-corrected chi connectivity index (χ0v) is 32.9. The molecule has 7 aliphatic carbocycles. The number of carboxylic acid groups (broad SMARTS) is 1. The fourth-order valence-electron chi connectivity index (χ4n) is 16.2. The molecule has 2 saturated heterocycles. The predicted octanol–water partition coefficient (Wildman–Crippen LogP) is 7.97. The minimum Gasteiger partial charge on any atom is -0.481 e. The Hall–Kier alpha value is -1.37. The first-order valence-corrected chi connectivity index (χ1v) is 22.6. The number of carboxylic acids is 1. The van der Waals surface area contributed by atoms with Crippen molar-refractivity contribution < 1.29 is 14.1 Å². The Labute approximate surface area is 303 Å². The molecular weight excluding hydrogens is 637 g/mol. The quantitative estimate of drug-likeness (QED) is 0.208. The van der Waals surface area contributed by atoms with E-state index in [-0.39, 0.29) is 22.8 Å². The molecule has 9 aliphatic rings. The predicted molar refractivity (Wildman–Crippen MR) is 205 cm³/mol. The molecule has 2 N–H and O–H groups in total. The highest BCUT2D eigenvalue weighted by molar-refractivity contribution is 8.01. The van der Waals surface area contributed by atoms with E-state index in [1.807, 2.05) is 0 Å². The molecule has 9 rings (SSSR count). The molecule has 0 aromatic rings. The molecule has 276 valence electrons. The van der Waals surface area contributed by atoms with E-state index < -0.39 is 15.5 Å². The van der Waals surface area contributed by atoms with E-state index in [1.165, 1.54) is 68.9 Å². The van der Waals surface area contributed by atoms with Crippen LogP contribution >= 0.6 is 0 Å². The van der Waals surface area contributed by atoms with Crippen LogP contribution in [0.25, 0.3) is 0 Å². The van der Waals surface area contributed by atoms with Gasteiger partial charge in [0, 0.05) is 42.2 Å². The topological polar surface area (TPSA) is 69.6 Å². The van der Waals surface area contributed by atoms with Crippen molar-refractivity contribution in [2.45, 2.75) is 129 Å². The summed E-state index contributed by atoms with van der Waals surface area (Å²) in [5, 5.41) is 14.3. The van der Waals surface area contributed by atoms with Gasteiger partial charge in [-0.05, 0) is 167 Å². The van der Waals surface area contributed by atoms with Gasteiger partial charge in [-0.1, -0.05) is 58.9 Å². The van der Waals surface area contributed by atoms with Crippen LogP contribution in [0.5, 0.6) is 0 Å². The van der Waals surface area contributed by atoms with Gasteiger partial charge < -0.3 is 10.4 Å². The molecule has 50 heavy (non-hydrogen) atoms. The van der Waals surface area contributed by atoms with E-state index >= 15 is 0 Å². The van der Waals surface area contributed by atoms with Crippen LogP contribution in [0.15, 0.2) is 35.5 Å². The second-order valence-electron chi connectivity index (χ2n) is 20.9. The average Bonchev–Trinajstić information content (AvgIpc) is 3.45. The normalized spacial score (nSPS) is 54.1. The summed E-state index contributed by atoms with van der Waals surface area (Å²) in [5.41, 5.74) is 5.74. The van der Waals surface area contributed by atoms with E-state index in [0.29, 0.717) is 51.2 Å². The summed E-state index contributed by atoms with van der Waals surface area (Å²) in [7, 11) is -1.86. The molecular formula is C44H66N2O3S. The molecule has 2 heterocycles. The molecule has 0 amide bonds. The minimum atomic E-state index is -1.86. The van der Waals surface area contributed by atoms with Gasteiger partial charge in [0.25, 0.3) is 0 Å². The zero-order chi connectivity index (χ0) is 35.4. The monoisotopic (exact) mass is 702 g/mol. The third-order valence-electron chi connectivity index (χ3n) is 18.8. The third kappa shape index (κ3) is 4.45. The first-order chi connectivity index (χ1) is 23.5. The van der Waals surface area contributed by atoms with Gasteiger partial charge in [-0.25, -0.2) is 0 Å². The highest BCUT2D eigenvalue weighted by Gasteiger charge is 2.70. The lowest BCUT2D eigenvalue weighted by molar-refractivity contribution is -0.221. The number of nitrogens with zero attached hydrogens (tertiary/aromatic N) is 1. The van der Waals surface area contributed by atoms with Gasteiger partial charge in [-0.15, -0.1) is 0 Å². The van der Waals surface area contributed by atoms with Crippen molar-refractivity contribution in [3.63, 3.8) is 0 Å². The van der Waals surface area contributed by atoms with Crippen LogP contribution < -0.4 is 5.32 Å². The summed E-state index contributed by atoms with van der Waals surface area (Å²) in [6.45, 7) is 23.3. The number of likely N-dealkylation sites (tertiary alicyclic amines) is 1. The van der Waals surface area contributed by atoms with Crippen LogP contribution in [0.1, 0.15) is 112 Å². The molecule has 15 atom stereocenters. The fourth-order valence-corrected chi connectivity index (χ4v) is 18.5. The lowest BCUT2D eigenvalue weighted by Crippen LogP contribution is -2.68.